The number of rotatable bonds is 5. The van der Waals surface area contributed by atoms with E-state index in [0.29, 0.717) is 25.0 Å². The first-order chi connectivity index (χ1) is 7.65. The van der Waals surface area contributed by atoms with Gasteiger partial charge in [-0.2, -0.15) is 0 Å². The van der Waals surface area contributed by atoms with Crippen molar-refractivity contribution in [1.29, 1.82) is 0 Å². The molecule has 0 aromatic heterocycles. The summed E-state index contributed by atoms with van der Waals surface area (Å²) in [7, 11) is 0. The summed E-state index contributed by atoms with van der Waals surface area (Å²) in [6.07, 6.45) is 4.94. The molecule has 0 aromatic rings. The predicted octanol–water partition coefficient (Wildman–Crippen LogP) is 1.69. The van der Waals surface area contributed by atoms with Gasteiger partial charge >= 0.3 is 0 Å². The number of carbonyl (C=O) groups is 1. The summed E-state index contributed by atoms with van der Waals surface area (Å²) in [5, 5.41) is 0. The highest BCUT2D eigenvalue weighted by Gasteiger charge is 2.26. The average Bonchev–Trinajstić information content (AvgIpc) is 2.25. The van der Waals surface area contributed by atoms with Crippen LogP contribution in [-0.2, 0) is 9.63 Å². The lowest BCUT2D eigenvalue weighted by atomic mass is 9.98. The Kier molecular flexibility index (Phi) is 5.77. The Hall–Kier alpha value is -0.610. The first-order valence-electron chi connectivity index (χ1n) is 6.26. The second kappa shape index (κ2) is 6.86. The van der Waals surface area contributed by atoms with Crippen LogP contribution in [0.3, 0.4) is 0 Å². The molecule has 16 heavy (non-hydrogen) atoms. The molecule has 0 aromatic carbocycles. The van der Waals surface area contributed by atoms with Crippen molar-refractivity contribution in [3.05, 3.63) is 0 Å². The molecule has 1 heterocycles. The highest BCUT2D eigenvalue weighted by atomic mass is 16.6. The fourth-order valence-electron chi connectivity index (χ4n) is 2.30. The van der Waals surface area contributed by atoms with Crippen LogP contribution < -0.4 is 5.90 Å². The minimum atomic E-state index is 0.289. The summed E-state index contributed by atoms with van der Waals surface area (Å²) in [5.74, 6) is 5.76. The summed E-state index contributed by atoms with van der Waals surface area (Å²) < 4.78 is 0. The van der Waals surface area contributed by atoms with Gasteiger partial charge in [-0.1, -0.05) is 13.8 Å². The zero-order valence-electron chi connectivity index (χ0n) is 10.4. The molecule has 2 N–H and O–H groups in total. The van der Waals surface area contributed by atoms with Crippen molar-refractivity contribution in [1.82, 2.24) is 4.90 Å². The van der Waals surface area contributed by atoms with Crippen LogP contribution in [0.4, 0.5) is 0 Å². The van der Waals surface area contributed by atoms with Crippen molar-refractivity contribution in [2.45, 2.75) is 52.0 Å². The van der Waals surface area contributed by atoms with E-state index in [-0.39, 0.29) is 5.91 Å². The van der Waals surface area contributed by atoms with Crippen LogP contribution in [0.2, 0.25) is 0 Å². The Balaban J connectivity index is 2.48. The number of nitrogens with zero attached hydrogens (tertiary/aromatic N) is 1. The van der Waals surface area contributed by atoms with Gasteiger partial charge in [0, 0.05) is 19.0 Å². The van der Waals surface area contributed by atoms with Crippen LogP contribution in [0.1, 0.15) is 46.0 Å². The Morgan fingerprint density at radius 1 is 1.50 bits per heavy atom. The molecule has 0 saturated carbocycles. The van der Waals surface area contributed by atoms with Crippen molar-refractivity contribution in [3.63, 3.8) is 0 Å². The third kappa shape index (κ3) is 4.10. The smallest absolute Gasteiger partial charge is 0.223 e. The van der Waals surface area contributed by atoms with Gasteiger partial charge in [0.05, 0.1) is 6.61 Å². The molecule has 1 rings (SSSR count). The maximum atomic E-state index is 12.0. The largest absolute Gasteiger partial charge is 0.340 e. The van der Waals surface area contributed by atoms with Crippen LogP contribution in [-0.4, -0.2) is 30.0 Å². The predicted molar refractivity (Wildman–Crippen MR) is 63.6 cm³/mol. The molecule has 4 nitrogen and oxygen atoms in total. The highest BCUT2D eigenvalue weighted by molar-refractivity contribution is 5.76. The number of carbonyl (C=O) groups excluding carboxylic acids is 1. The Morgan fingerprint density at radius 2 is 2.25 bits per heavy atom. The SMILES string of the molecule is CC(C)CC(=O)N1CCCCC1CCON. The maximum absolute atomic E-state index is 12.0. The first-order valence-corrected chi connectivity index (χ1v) is 6.26. The van der Waals surface area contributed by atoms with E-state index in [1.165, 1.54) is 6.42 Å². The first kappa shape index (κ1) is 13.5. The van der Waals surface area contributed by atoms with E-state index in [1.54, 1.807) is 0 Å². The summed E-state index contributed by atoms with van der Waals surface area (Å²) in [6, 6.07) is 0.337. The molecular formula is C12H24N2O2. The lowest BCUT2D eigenvalue weighted by Crippen LogP contribution is -2.44. The van der Waals surface area contributed by atoms with Crippen LogP contribution in [0.15, 0.2) is 0 Å². The van der Waals surface area contributed by atoms with Gasteiger partial charge in [0.2, 0.25) is 5.91 Å². The number of likely N-dealkylation sites (tertiary alicyclic amines) is 1. The molecule has 94 valence electrons. The Bertz CT molecular complexity index is 219. The minimum absolute atomic E-state index is 0.289. The van der Waals surface area contributed by atoms with E-state index in [0.717, 1.165) is 25.8 Å². The second-order valence-electron chi connectivity index (χ2n) is 4.99. The van der Waals surface area contributed by atoms with Crippen molar-refractivity contribution in [3.8, 4) is 0 Å². The van der Waals surface area contributed by atoms with Gasteiger partial charge < -0.3 is 9.74 Å². The van der Waals surface area contributed by atoms with Crippen LogP contribution in [0, 0.1) is 5.92 Å². The molecule has 1 unspecified atom stereocenters. The average molecular weight is 228 g/mol. The maximum Gasteiger partial charge on any atom is 0.223 e. The number of amides is 1. The Morgan fingerprint density at radius 3 is 2.88 bits per heavy atom. The lowest BCUT2D eigenvalue weighted by molar-refractivity contribution is -0.136. The van der Waals surface area contributed by atoms with Crippen molar-refractivity contribution in [2.75, 3.05) is 13.2 Å². The molecule has 1 aliphatic rings. The molecule has 0 bridgehead atoms. The number of hydrogen-bond acceptors (Lipinski definition) is 3. The quantitative estimate of drug-likeness (QED) is 0.729. The van der Waals surface area contributed by atoms with Crippen LogP contribution in [0.5, 0.6) is 0 Å². The van der Waals surface area contributed by atoms with E-state index >= 15 is 0 Å². The molecule has 1 aliphatic heterocycles. The lowest BCUT2D eigenvalue weighted by Gasteiger charge is -2.36. The van der Waals surface area contributed by atoms with Crippen molar-refractivity contribution in [2.24, 2.45) is 11.8 Å². The Labute approximate surface area is 98.1 Å². The van der Waals surface area contributed by atoms with E-state index in [4.69, 9.17) is 5.90 Å². The molecule has 4 heteroatoms. The van der Waals surface area contributed by atoms with Crippen LogP contribution in [0.25, 0.3) is 0 Å². The monoisotopic (exact) mass is 228 g/mol. The van der Waals surface area contributed by atoms with Gasteiger partial charge in [0.1, 0.15) is 0 Å². The van der Waals surface area contributed by atoms with E-state index < -0.39 is 0 Å². The summed E-state index contributed by atoms with van der Waals surface area (Å²) in [5.41, 5.74) is 0. The fraction of sp³-hybridized carbons (Fsp3) is 0.917. The molecule has 1 saturated heterocycles. The number of hydrogen-bond donors (Lipinski definition) is 1. The summed E-state index contributed by atoms with van der Waals surface area (Å²) >= 11 is 0. The standard InChI is InChI=1S/C12H24N2O2/c1-10(2)9-12(15)14-7-4-3-5-11(14)6-8-16-13/h10-11H,3-9,13H2,1-2H3. The molecule has 0 aliphatic carbocycles. The number of nitrogens with two attached hydrogens (primary N) is 1. The van der Waals surface area contributed by atoms with Gasteiger partial charge in [-0.3, -0.25) is 4.79 Å². The second-order valence-corrected chi connectivity index (χ2v) is 4.99. The van der Waals surface area contributed by atoms with Gasteiger partial charge in [-0.05, 0) is 31.6 Å². The third-order valence-corrected chi connectivity index (χ3v) is 3.10. The van der Waals surface area contributed by atoms with Crippen LogP contribution >= 0.6 is 0 Å². The van der Waals surface area contributed by atoms with Gasteiger partial charge in [-0.15, -0.1) is 0 Å². The van der Waals surface area contributed by atoms with E-state index in [1.807, 2.05) is 4.90 Å². The molecular weight excluding hydrogens is 204 g/mol. The van der Waals surface area contributed by atoms with Crippen molar-refractivity contribution >= 4 is 5.91 Å². The zero-order chi connectivity index (χ0) is 12.0. The molecule has 1 atom stereocenters. The molecule has 1 fully saturated rings. The van der Waals surface area contributed by atoms with E-state index in [9.17, 15) is 4.79 Å². The molecule has 1 amide bonds. The normalized spacial score (nSPS) is 21.5. The summed E-state index contributed by atoms with van der Waals surface area (Å²) in [4.78, 5) is 18.7. The van der Waals surface area contributed by atoms with Gasteiger partial charge in [0.25, 0.3) is 0 Å². The van der Waals surface area contributed by atoms with E-state index in [2.05, 4.69) is 18.7 Å². The number of piperidine rings is 1. The zero-order valence-corrected chi connectivity index (χ0v) is 10.4. The van der Waals surface area contributed by atoms with Crippen molar-refractivity contribution < 1.29 is 9.63 Å². The topological polar surface area (TPSA) is 55.6 Å². The minimum Gasteiger partial charge on any atom is -0.340 e. The van der Waals surface area contributed by atoms with Gasteiger partial charge in [0.15, 0.2) is 0 Å². The fourth-order valence-corrected chi connectivity index (χ4v) is 2.30. The molecule has 0 radical (unpaired) electrons. The highest BCUT2D eigenvalue weighted by Crippen LogP contribution is 2.21. The van der Waals surface area contributed by atoms with Gasteiger partial charge in [-0.25, -0.2) is 5.90 Å². The third-order valence-electron chi connectivity index (χ3n) is 3.10. The summed E-state index contributed by atoms with van der Waals surface area (Å²) in [6.45, 7) is 5.61. The molecule has 0 spiro atoms.